The largest absolute Gasteiger partial charge is 0.463 e. The van der Waals surface area contributed by atoms with Gasteiger partial charge in [0.1, 0.15) is 17.4 Å². The maximum Gasteiger partial charge on any atom is 0.262 e. The maximum absolute atomic E-state index is 12.9. The Morgan fingerprint density at radius 1 is 0.862 bits per heavy atom. The van der Waals surface area contributed by atoms with E-state index in [-0.39, 0.29) is 22.6 Å². The van der Waals surface area contributed by atoms with E-state index >= 15 is 0 Å². The standard InChI is InChI=1S/C23H14ClNO4/c24-15-10-11-19(17(12-15)21(26)14-6-2-1-3-7-14)25-23(28)18-13-29-20-9-5-4-8-16(20)22(18)27/h1-13H,(H,25,28). The van der Waals surface area contributed by atoms with Crippen molar-refractivity contribution in [2.45, 2.75) is 0 Å². The minimum atomic E-state index is -0.672. The Balaban J connectivity index is 1.72. The van der Waals surface area contributed by atoms with Crippen LogP contribution in [0.25, 0.3) is 11.0 Å². The molecule has 1 aromatic heterocycles. The van der Waals surface area contributed by atoms with E-state index in [0.717, 1.165) is 6.26 Å². The zero-order valence-electron chi connectivity index (χ0n) is 15.0. The lowest BCUT2D eigenvalue weighted by Crippen LogP contribution is -2.22. The molecule has 1 N–H and O–H groups in total. The molecule has 0 unspecified atom stereocenters. The fraction of sp³-hybridized carbons (Fsp3) is 0. The summed E-state index contributed by atoms with van der Waals surface area (Å²) in [4.78, 5) is 38.3. The van der Waals surface area contributed by atoms with Crippen LogP contribution >= 0.6 is 11.6 Å². The molecule has 29 heavy (non-hydrogen) atoms. The highest BCUT2D eigenvalue weighted by Gasteiger charge is 2.19. The lowest BCUT2D eigenvalue weighted by molar-refractivity contribution is 0.102. The Morgan fingerprint density at radius 3 is 2.38 bits per heavy atom. The summed E-state index contributed by atoms with van der Waals surface area (Å²) in [5.41, 5.74) is 0.713. The van der Waals surface area contributed by atoms with Gasteiger partial charge in [-0.05, 0) is 30.3 Å². The van der Waals surface area contributed by atoms with E-state index < -0.39 is 11.3 Å². The smallest absolute Gasteiger partial charge is 0.262 e. The molecule has 0 radical (unpaired) electrons. The first-order chi connectivity index (χ1) is 14.0. The van der Waals surface area contributed by atoms with Gasteiger partial charge < -0.3 is 9.73 Å². The number of anilines is 1. The van der Waals surface area contributed by atoms with Gasteiger partial charge in [-0.3, -0.25) is 14.4 Å². The second-order valence-electron chi connectivity index (χ2n) is 6.31. The fourth-order valence-electron chi connectivity index (χ4n) is 2.98. The van der Waals surface area contributed by atoms with Crippen LogP contribution < -0.4 is 10.7 Å². The van der Waals surface area contributed by atoms with Crippen LogP contribution in [0.3, 0.4) is 0 Å². The van der Waals surface area contributed by atoms with Crippen molar-refractivity contribution in [2.75, 3.05) is 5.32 Å². The van der Waals surface area contributed by atoms with Crippen LogP contribution in [0.5, 0.6) is 0 Å². The molecule has 0 fully saturated rings. The molecule has 5 nitrogen and oxygen atoms in total. The third-order valence-electron chi connectivity index (χ3n) is 4.44. The van der Waals surface area contributed by atoms with Gasteiger partial charge in [-0.15, -0.1) is 0 Å². The Kier molecular flexibility index (Phi) is 4.97. The molecule has 4 rings (SSSR count). The monoisotopic (exact) mass is 403 g/mol. The average Bonchev–Trinajstić information content (AvgIpc) is 2.75. The second kappa shape index (κ2) is 7.73. The molecule has 0 spiro atoms. The number of ketones is 1. The van der Waals surface area contributed by atoms with Gasteiger partial charge in [0.05, 0.1) is 11.1 Å². The average molecular weight is 404 g/mol. The third-order valence-corrected chi connectivity index (χ3v) is 4.67. The normalized spacial score (nSPS) is 10.7. The van der Waals surface area contributed by atoms with Crippen LogP contribution in [0.15, 0.2) is 88.3 Å². The van der Waals surface area contributed by atoms with Gasteiger partial charge >= 0.3 is 0 Å². The maximum atomic E-state index is 12.9. The van der Waals surface area contributed by atoms with E-state index in [9.17, 15) is 14.4 Å². The molecule has 6 heteroatoms. The number of halogens is 1. The van der Waals surface area contributed by atoms with Gasteiger partial charge in [0.25, 0.3) is 5.91 Å². The summed E-state index contributed by atoms with van der Waals surface area (Å²) in [7, 11) is 0. The Labute approximate surface area is 170 Å². The van der Waals surface area contributed by atoms with Crippen molar-refractivity contribution in [2.24, 2.45) is 0 Å². The summed E-state index contributed by atoms with van der Waals surface area (Å²) in [5, 5.41) is 3.29. The molecule has 0 atom stereocenters. The molecule has 1 heterocycles. The number of nitrogens with one attached hydrogen (secondary N) is 1. The Morgan fingerprint density at radius 2 is 1.59 bits per heavy atom. The number of carbonyl (C=O) groups is 2. The second-order valence-corrected chi connectivity index (χ2v) is 6.75. The number of rotatable bonds is 4. The Hall–Kier alpha value is -3.70. The predicted octanol–water partition coefficient (Wildman–Crippen LogP) is 4.93. The Bertz CT molecular complexity index is 1300. The van der Waals surface area contributed by atoms with E-state index in [4.69, 9.17) is 16.0 Å². The van der Waals surface area contributed by atoms with Crippen molar-refractivity contribution < 1.29 is 14.0 Å². The van der Waals surface area contributed by atoms with Crippen molar-refractivity contribution in [1.82, 2.24) is 0 Å². The molecule has 142 valence electrons. The van der Waals surface area contributed by atoms with Gasteiger partial charge in [-0.1, -0.05) is 54.1 Å². The number of carbonyl (C=O) groups excluding carboxylic acids is 2. The first-order valence-electron chi connectivity index (χ1n) is 8.76. The highest BCUT2D eigenvalue weighted by molar-refractivity contribution is 6.31. The topological polar surface area (TPSA) is 76.4 Å². The van der Waals surface area contributed by atoms with Crippen molar-refractivity contribution in [3.05, 3.63) is 111 Å². The van der Waals surface area contributed by atoms with E-state index in [1.54, 1.807) is 60.7 Å². The summed E-state index contributed by atoms with van der Waals surface area (Å²) < 4.78 is 5.40. The molecule has 0 saturated carbocycles. The molecule has 4 aromatic rings. The van der Waals surface area contributed by atoms with Crippen molar-refractivity contribution in [3.8, 4) is 0 Å². The van der Waals surface area contributed by atoms with Crippen LogP contribution in [0.4, 0.5) is 5.69 Å². The number of hydrogen-bond acceptors (Lipinski definition) is 4. The van der Waals surface area contributed by atoms with Crippen LogP contribution in [-0.4, -0.2) is 11.7 Å². The van der Waals surface area contributed by atoms with E-state index in [0.29, 0.717) is 21.6 Å². The zero-order chi connectivity index (χ0) is 20.4. The summed E-state index contributed by atoms with van der Waals surface area (Å²) in [6.07, 6.45) is 1.12. The van der Waals surface area contributed by atoms with Crippen LogP contribution in [0, 0.1) is 0 Å². The summed E-state index contributed by atoms with van der Waals surface area (Å²) in [6, 6.07) is 19.9. The summed E-state index contributed by atoms with van der Waals surface area (Å²) >= 11 is 6.06. The van der Waals surface area contributed by atoms with Crippen LogP contribution in [0.2, 0.25) is 5.02 Å². The number of hydrogen-bond donors (Lipinski definition) is 1. The number of fused-ring (bicyclic) bond motifs is 1. The van der Waals surface area contributed by atoms with Gasteiger partial charge in [0.2, 0.25) is 5.43 Å². The first kappa shape index (κ1) is 18.7. The molecule has 0 bridgehead atoms. The van der Waals surface area contributed by atoms with E-state index in [1.807, 2.05) is 0 Å². The van der Waals surface area contributed by atoms with Crippen molar-refractivity contribution >= 4 is 39.9 Å². The van der Waals surface area contributed by atoms with Gasteiger partial charge in [0.15, 0.2) is 5.78 Å². The summed E-state index contributed by atoms with van der Waals surface area (Å²) in [5.74, 6) is -0.970. The first-order valence-corrected chi connectivity index (χ1v) is 9.13. The molecule has 0 aliphatic carbocycles. The highest BCUT2D eigenvalue weighted by atomic mass is 35.5. The van der Waals surface area contributed by atoms with Gasteiger partial charge in [0, 0.05) is 16.1 Å². The highest BCUT2D eigenvalue weighted by Crippen LogP contribution is 2.24. The minimum Gasteiger partial charge on any atom is -0.463 e. The summed E-state index contributed by atoms with van der Waals surface area (Å²) in [6.45, 7) is 0. The van der Waals surface area contributed by atoms with E-state index in [1.165, 1.54) is 12.1 Å². The lowest BCUT2D eigenvalue weighted by Gasteiger charge is -2.11. The number of para-hydroxylation sites is 1. The van der Waals surface area contributed by atoms with Crippen LogP contribution in [-0.2, 0) is 0 Å². The SMILES string of the molecule is O=C(c1ccccc1)c1cc(Cl)ccc1NC(=O)c1coc2ccccc2c1=O. The van der Waals surface area contributed by atoms with Crippen LogP contribution in [0.1, 0.15) is 26.3 Å². The number of benzene rings is 3. The molecular formula is C23H14ClNO4. The molecule has 3 aromatic carbocycles. The molecule has 0 aliphatic heterocycles. The van der Waals surface area contributed by atoms with Crippen molar-refractivity contribution in [1.29, 1.82) is 0 Å². The van der Waals surface area contributed by atoms with Crippen molar-refractivity contribution in [3.63, 3.8) is 0 Å². The van der Waals surface area contributed by atoms with Gasteiger partial charge in [-0.2, -0.15) is 0 Å². The fourth-order valence-corrected chi connectivity index (χ4v) is 3.15. The molecule has 0 saturated heterocycles. The van der Waals surface area contributed by atoms with E-state index in [2.05, 4.69) is 5.32 Å². The number of amides is 1. The minimum absolute atomic E-state index is 0.156. The molecule has 1 amide bonds. The van der Waals surface area contributed by atoms with Gasteiger partial charge in [-0.25, -0.2) is 0 Å². The zero-order valence-corrected chi connectivity index (χ0v) is 15.8. The molecular weight excluding hydrogens is 390 g/mol. The third kappa shape index (κ3) is 3.68. The predicted molar refractivity (Wildman–Crippen MR) is 112 cm³/mol. The molecule has 0 aliphatic rings. The lowest BCUT2D eigenvalue weighted by atomic mass is 10.0. The quantitative estimate of drug-likeness (QED) is 0.490.